The van der Waals surface area contributed by atoms with Crippen molar-refractivity contribution in [3.05, 3.63) is 42.7 Å². The van der Waals surface area contributed by atoms with Crippen LogP contribution in [0, 0.1) is 0 Å². The highest BCUT2D eigenvalue weighted by Gasteiger charge is 2.15. The van der Waals surface area contributed by atoms with E-state index in [9.17, 15) is 4.79 Å². The fourth-order valence-corrected chi connectivity index (χ4v) is 2.55. The molecule has 0 unspecified atom stereocenters. The lowest BCUT2D eigenvalue weighted by atomic mass is 10.1. The molecule has 2 heterocycles. The highest BCUT2D eigenvalue weighted by molar-refractivity contribution is 5.76. The minimum atomic E-state index is 0.216. The SMILES string of the molecule is O=C(CCn1cc(-c2ccccc2)cn1)N1CCNCC1. The number of aromatic nitrogens is 2. The van der Waals surface area contributed by atoms with Gasteiger partial charge in [-0.25, -0.2) is 0 Å². The second-order valence-electron chi connectivity index (χ2n) is 5.24. The molecule has 1 fully saturated rings. The highest BCUT2D eigenvalue weighted by atomic mass is 16.2. The molecule has 1 amide bonds. The van der Waals surface area contributed by atoms with E-state index in [0.29, 0.717) is 13.0 Å². The van der Waals surface area contributed by atoms with Crippen molar-refractivity contribution in [2.75, 3.05) is 26.2 Å². The van der Waals surface area contributed by atoms with Crippen molar-refractivity contribution in [1.82, 2.24) is 20.0 Å². The molecule has 0 radical (unpaired) electrons. The lowest BCUT2D eigenvalue weighted by Crippen LogP contribution is -2.46. The van der Waals surface area contributed by atoms with Gasteiger partial charge in [0.2, 0.25) is 5.91 Å². The van der Waals surface area contributed by atoms with Crippen LogP contribution >= 0.6 is 0 Å². The second kappa shape index (κ2) is 6.54. The first-order valence-electron chi connectivity index (χ1n) is 7.39. The van der Waals surface area contributed by atoms with Crippen molar-refractivity contribution in [1.29, 1.82) is 0 Å². The summed E-state index contributed by atoms with van der Waals surface area (Å²) in [6.45, 7) is 4.05. The second-order valence-corrected chi connectivity index (χ2v) is 5.24. The van der Waals surface area contributed by atoms with Gasteiger partial charge in [0.05, 0.1) is 6.20 Å². The summed E-state index contributed by atoms with van der Waals surface area (Å²) in [5, 5.41) is 7.60. The highest BCUT2D eigenvalue weighted by Crippen LogP contribution is 2.17. The van der Waals surface area contributed by atoms with Crippen molar-refractivity contribution in [2.45, 2.75) is 13.0 Å². The molecular formula is C16H20N4O. The van der Waals surface area contributed by atoms with Gasteiger partial charge in [0.25, 0.3) is 0 Å². The first-order chi connectivity index (χ1) is 10.3. The Morgan fingerprint density at radius 2 is 1.90 bits per heavy atom. The van der Waals surface area contributed by atoms with Crippen LogP contribution in [0.2, 0.25) is 0 Å². The van der Waals surface area contributed by atoms with Crippen molar-refractivity contribution >= 4 is 5.91 Å². The van der Waals surface area contributed by atoms with E-state index in [1.165, 1.54) is 0 Å². The number of benzene rings is 1. The van der Waals surface area contributed by atoms with Crippen LogP contribution in [-0.2, 0) is 11.3 Å². The number of carbonyl (C=O) groups excluding carboxylic acids is 1. The van der Waals surface area contributed by atoms with Gasteiger partial charge < -0.3 is 10.2 Å². The monoisotopic (exact) mass is 284 g/mol. The lowest BCUT2D eigenvalue weighted by Gasteiger charge is -2.27. The zero-order valence-corrected chi connectivity index (χ0v) is 12.0. The Kier molecular flexibility index (Phi) is 4.31. The number of rotatable bonds is 4. The molecule has 1 saturated heterocycles. The summed E-state index contributed by atoms with van der Waals surface area (Å²) in [5.74, 6) is 0.216. The molecule has 0 atom stereocenters. The van der Waals surface area contributed by atoms with Gasteiger partial charge in [-0.2, -0.15) is 5.10 Å². The van der Waals surface area contributed by atoms with E-state index in [1.54, 1.807) is 0 Å². The molecule has 0 aliphatic carbocycles. The third-order valence-electron chi connectivity index (χ3n) is 3.76. The van der Waals surface area contributed by atoms with E-state index in [-0.39, 0.29) is 5.91 Å². The van der Waals surface area contributed by atoms with E-state index in [1.807, 2.05) is 40.2 Å². The van der Waals surface area contributed by atoms with Crippen LogP contribution in [-0.4, -0.2) is 46.8 Å². The molecule has 110 valence electrons. The number of nitrogens with one attached hydrogen (secondary N) is 1. The van der Waals surface area contributed by atoms with Gasteiger partial charge in [0, 0.05) is 50.9 Å². The zero-order valence-electron chi connectivity index (χ0n) is 12.0. The predicted octanol–water partition coefficient (Wildman–Crippen LogP) is 1.37. The van der Waals surface area contributed by atoms with Gasteiger partial charge in [0.15, 0.2) is 0 Å². The average molecular weight is 284 g/mol. The molecule has 1 aromatic carbocycles. The number of amides is 1. The summed E-state index contributed by atoms with van der Waals surface area (Å²) in [5.41, 5.74) is 2.24. The van der Waals surface area contributed by atoms with Gasteiger partial charge in [-0.3, -0.25) is 9.48 Å². The van der Waals surface area contributed by atoms with Crippen LogP contribution in [0.25, 0.3) is 11.1 Å². The maximum Gasteiger partial charge on any atom is 0.224 e. The van der Waals surface area contributed by atoms with Gasteiger partial charge in [0.1, 0.15) is 0 Å². The quantitative estimate of drug-likeness (QED) is 0.922. The molecule has 21 heavy (non-hydrogen) atoms. The van der Waals surface area contributed by atoms with E-state index in [2.05, 4.69) is 22.5 Å². The maximum atomic E-state index is 12.1. The first-order valence-corrected chi connectivity index (χ1v) is 7.39. The Bertz CT molecular complexity index is 587. The van der Waals surface area contributed by atoms with Gasteiger partial charge >= 0.3 is 0 Å². The molecule has 0 saturated carbocycles. The Balaban J connectivity index is 1.56. The van der Waals surface area contributed by atoms with Gasteiger partial charge in [-0.15, -0.1) is 0 Å². The Labute approximate surface area is 124 Å². The fourth-order valence-electron chi connectivity index (χ4n) is 2.55. The number of hydrogen-bond acceptors (Lipinski definition) is 3. The number of hydrogen-bond donors (Lipinski definition) is 1. The summed E-state index contributed by atoms with van der Waals surface area (Å²) >= 11 is 0. The molecule has 1 aliphatic heterocycles. The Morgan fingerprint density at radius 1 is 1.14 bits per heavy atom. The summed E-state index contributed by atoms with van der Waals surface area (Å²) in [6, 6.07) is 10.2. The van der Waals surface area contributed by atoms with Gasteiger partial charge in [-0.05, 0) is 5.56 Å². The molecule has 1 N–H and O–H groups in total. The number of nitrogens with zero attached hydrogens (tertiary/aromatic N) is 3. The molecule has 0 spiro atoms. The fraction of sp³-hybridized carbons (Fsp3) is 0.375. The predicted molar refractivity (Wildman–Crippen MR) is 81.7 cm³/mol. The smallest absolute Gasteiger partial charge is 0.224 e. The van der Waals surface area contributed by atoms with Crippen LogP contribution in [0.15, 0.2) is 42.7 Å². The van der Waals surface area contributed by atoms with Crippen LogP contribution in [0.3, 0.4) is 0 Å². The summed E-state index contributed by atoms with van der Waals surface area (Å²) in [6.07, 6.45) is 4.36. The van der Waals surface area contributed by atoms with Crippen LogP contribution in [0.4, 0.5) is 0 Å². The minimum Gasteiger partial charge on any atom is -0.340 e. The average Bonchev–Trinajstić information content (AvgIpc) is 3.03. The van der Waals surface area contributed by atoms with E-state index >= 15 is 0 Å². The standard InChI is InChI=1S/C16H20N4O/c21-16(19-10-7-17-8-11-19)6-9-20-13-15(12-18-20)14-4-2-1-3-5-14/h1-5,12-13,17H,6-11H2. The van der Waals surface area contributed by atoms with Crippen LogP contribution in [0.5, 0.6) is 0 Å². The molecular weight excluding hydrogens is 264 g/mol. The first kappa shape index (κ1) is 13.8. The third kappa shape index (κ3) is 3.49. The molecule has 5 nitrogen and oxygen atoms in total. The number of carbonyl (C=O) groups is 1. The number of piperazine rings is 1. The topological polar surface area (TPSA) is 50.2 Å². The molecule has 1 aromatic heterocycles. The maximum absolute atomic E-state index is 12.1. The van der Waals surface area contributed by atoms with E-state index < -0.39 is 0 Å². The molecule has 0 bridgehead atoms. The molecule has 5 heteroatoms. The molecule has 2 aromatic rings. The summed E-state index contributed by atoms with van der Waals surface area (Å²) in [7, 11) is 0. The number of aryl methyl sites for hydroxylation is 1. The van der Waals surface area contributed by atoms with Crippen molar-refractivity contribution in [3.8, 4) is 11.1 Å². The van der Waals surface area contributed by atoms with Crippen molar-refractivity contribution < 1.29 is 4.79 Å². The Hall–Kier alpha value is -2.14. The lowest BCUT2D eigenvalue weighted by molar-refractivity contribution is -0.132. The van der Waals surface area contributed by atoms with Crippen LogP contribution in [0.1, 0.15) is 6.42 Å². The largest absolute Gasteiger partial charge is 0.340 e. The third-order valence-corrected chi connectivity index (χ3v) is 3.76. The Morgan fingerprint density at radius 3 is 2.67 bits per heavy atom. The zero-order chi connectivity index (χ0) is 14.5. The molecule has 1 aliphatic rings. The summed E-state index contributed by atoms with van der Waals surface area (Å²) in [4.78, 5) is 14.0. The minimum absolute atomic E-state index is 0.216. The van der Waals surface area contributed by atoms with E-state index in [4.69, 9.17) is 0 Å². The normalized spacial score (nSPS) is 15.1. The van der Waals surface area contributed by atoms with Crippen molar-refractivity contribution in [2.24, 2.45) is 0 Å². The van der Waals surface area contributed by atoms with E-state index in [0.717, 1.165) is 37.3 Å². The van der Waals surface area contributed by atoms with Crippen molar-refractivity contribution in [3.63, 3.8) is 0 Å². The molecule has 3 rings (SSSR count). The van der Waals surface area contributed by atoms with Gasteiger partial charge in [-0.1, -0.05) is 30.3 Å². The summed E-state index contributed by atoms with van der Waals surface area (Å²) < 4.78 is 1.85. The van der Waals surface area contributed by atoms with Crippen LogP contribution < -0.4 is 5.32 Å².